The molecule has 0 radical (unpaired) electrons. The monoisotopic (exact) mass is 355 g/mol. The minimum atomic E-state index is -0.192. The quantitative estimate of drug-likeness (QED) is 0.629. The van der Waals surface area contributed by atoms with Crippen LogP contribution in [-0.4, -0.2) is 20.8 Å². The lowest BCUT2D eigenvalue weighted by Gasteiger charge is -2.27. The Kier molecular flexibility index (Phi) is 4.41. The number of aliphatic hydroxyl groups is 1. The molecule has 0 bridgehead atoms. The Morgan fingerprint density at radius 2 is 1.84 bits per heavy atom. The number of nitrogens with one attached hydrogen (secondary N) is 1. The van der Waals surface area contributed by atoms with Crippen molar-refractivity contribution in [1.29, 1.82) is 0 Å². The van der Waals surface area contributed by atoms with E-state index in [0.717, 1.165) is 52.6 Å². The minimum absolute atomic E-state index is 0.0700. The molecular weight excluding hydrogens is 334 g/mol. The second-order valence-corrected chi connectivity index (χ2v) is 7.33. The lowest BCUT2D eigenvalue weighted by Crippen LogP contribution is -2.20. The topological polar surface area (TPSA) is 84.0 Å². The van der Waals surface area contributed by atoms with Crippen molar-refractivity contribution in [2.75, 3.05) is 0 Å². The molecule has 6 heteroatoms. The molecule has 0 aliphatic heterocycles. The van der Waals surface area contributed by atoms with E-state index in [2.05, 4.69) is 15.7 Å². The van der Waals surface area contributed by atoms with Gasteiger partial charge in [-0.15, -0.1) is 0 Å². The van der Waals surface area contributed by atoms with Crippen molar-refractivity contribution in [2.45, 2.75) is 42.7 Å². The van der Waals surface area contributed by atoms with Crippen LogP contribution in [-0.2, 0) is 0 Å². The highest BCUT2D eigenvalue weighted by Gasteiger charge is 2.24. The number of fused-ring (bicyclic) bond motifs is 1. The van der Waals surface area contributed by atoms with Gasteiger partial charge in [0.15, 0.2) is 0 Å². The van der Waals surface area contributed by atoms with Gasteiger partial charge in [0.1, 0.15) is 0 Å². The molecule has 1 aliphatic rings. The summed E-state index contributed by atoms with van der Waals surface area (Å²) in [5.41, 5.74) is 2.84. The Morgan fingerprint density at radius 1 is 1.12 bits per heavy atom. The van der Waals surface area contributed by atoms with Crippen molar-refractivity contribution in [2.24, 2.45) is 5.14 Å². The van der Waals surface area contributed by atoms with Crippen molar-refractivity contribution in [3.05, 3.63) is 53.1 Å². The number of aromatic amines is 1. The van der Waals surface area contributed by atoms with Gasteiger partial charge < -0.3 is 14.7 Å². The number of hydrogen-bond acceptors (Lipinski definition) is 4. The number of benzene rings is 1. The first-order valence-corrected chi connectivity index (χ1v) is 9.43. The average molecular weight is 355 g/mol. The highest BCUT2D eigenvalue weighted by Crippen LogP contribution is 2.36. The van der Waals surface area contributed by atoms with Crippen LogP contribution in [0.4, 0.5) is 0 Å². The molecule has 0 spiro atoms. The smallest absolute Gasteiger partial charge is 0.258 e. The molecule has 1 fully saturated rings. The normalized spacial score (nSPS) is 20.9. The molecule has 3 aromatic rings. The number of H-pyrrole nitrogens is 1. The van der Waals surface area contributed by atoms with Crippen molar-refractivity contribution >= 4 is 22.9 Å². The van der Waals surface area contributed by atoms with Gasteiger partial charge in [-0.3, -0.25) is 9.93 Å². The summed E-state index contributed by atoms with van der Waals surface area (Å²) in [5, 5.41) is 16.1. The van der Waals surface area contributed by atoms with Crippen molar-refractivity contribution in [1.82, 2.24) is 9.55 Å². The van der Waals surface area contributed by atoms with Crippen molar-refractivity contribution < 1.29 is 5.11 Å². The summed E-state index contributed by atoms with van der Waals surface area (Å²) in [5.74, 6) is 0. The molecule has 4 N–H and O–H groups in total. The Balaban J connectivity index is 1.85. The van der Waals surface area contributed by atoms with E-state index >= 15 is 0 Å². The molecule has 1 saturated carbocycles. The van der Waals surface area contributed by atoms with Crippen LogP contribution >= 0.6 is 11.9 Å². The lowest BCUT2D eigenvalue weighted by molar-refractivity contribution is 0.111. The fourth-order valence-corrected chi connectivity index (χ4v) is 4.08. The molecule has 0 amide bonds. The second-order valence-electron chi connectivity index (χ2n) is 6.62. The SMILES string of the molecule is NSc1ccc(-c2cn([C@H]3CC[C@H](O)CC3)c3cc[nH]c(=O)c23)cc1. The zero-order chi connectivity index (χ0) is 17.4. The third-order valence-corrected chi connectivity index (χ3v) is 5.66. The minimum Gasteiger partial charge on any atom is -0.393 e. The average Bonchev–Trinajstić information content (AvgIpc) is 3.03. The van der Waals surface area contributed by atoms with Gasteiger partial charge in [-0.25, -0.2) is 0 Å². The largest absolute Gasteiger partial charge is 0.393 e. The van der Waals surface area contributed by atoms with Gasteiger partial charge in [-0.1, -0.05) is 12.1 Å². The maximum atomic E-state index is 12.5. The molecule has 25 heavy (non-hydrogen) atoms. The summed E-state index contributed by atoms with van der Waals surface area (Å²) in [6.45, 7) is 0. The zero-order valence-electron chi connectivity index (χ0n) is 13.8. The van der Waals surface area contributed by atoms with Gasteiger partial charge in [0.05, 0.1) is 17.0 Å². The zero-order valence-corrected chi connectivity index (χ0v) is 14.6. The standard InChI is InChI=1S/C19H21N3O2S/c20-25-15-7-1-12(2-8-15)16-11-22(13-3-5-14(23)6-4-13)17-9-10-21-19(24)18(16)17/h1-2,7-11,13-14,23H,3-6,20H2,(H,21,24)/t13-,14-. The second kappa shape index (κ2) is 6.71. The summed E-state index contributed by atoms with van der Waals surface area (Å²) in [7, 11) is 0. The number of nitrogens with two attached hydrogens (primary N) is 1. The van der Waals surface area contributed by atoms with E-state index in [4.69, 9.17) is 5.14 Å². The van der Waals surface area contributed by atoms with E-state index in [1.807, 2.05) is 30.3 Å². The van der Waals surface area contributed by atoms with Gasteiger partial charge in [-0.05, 0) is 61.4 Å². The van der Waals surface area contributed by atoms with Crippen LogP contribution < -0.4 is 10.7 Å². The molecule has 4 rings (SSSR count). The predicted molar refractivity (Wildman–Crippen MR) is 102 cm³/mol. The first-order chi connectivity index (χ1) is 12.2. The van der Waals surface area contributed by atoms with Gasteiger partial charge in [0.25, 0.3) is 5.56 Å². The van der Waals surface area contributed by atoms with Crippen LogP contribution in [0.3, 0.4) is 0 Å². The maximum Gasteiger partial charge on any atom is 0.258 e. The van der Waals surface area contributed by atoms with Gasteiger partial charge in [-0.2, -0.15) is 0 Å². The molecule has 0 saturated heterocycles. The highest BCUT2D eigenvalue weighted by molar-refractivity contribution is 7.97. The van der Waals surface area contributed by atoms with Gasteiger partial charge >= 0.3 is 0 Å². The van der Waals surface area contributed by atoms with E-state index in [1.54, 1.807) is 6.20 Å². The first kappa shape index (κ1) is 16.4. The van der Waals surface area contributed by atoms with E-state index in [9.17, 15) is 9.90 Å². The number of aliphatic hydroxyl groups excluding tert-OH is 1. The molecule has 1 aliphatic carbocycles. The fraction of sp³-hybridized carbons (Fsp3) is 0.316. The first-order valence-electron chi connectivity index (χ1n) is 8.55. The summed E-state index contributed by atoms with van der Waals surface area (Å²) in [6, 6.07) is 10.2. The van der Waals surface area contributed by atoms with E-state index in [1.165, 1.54) is 11.9 Å². The number of rotatable bonds is 3. The predicted octanol–water partition coefficient (Wildman–Crippen LogP) is 3.44. The van der Waals surface area contributed by atoms with Crippen molar-refractivity contribution in [3.63, 3.8) is 0 Å². The van der Waals surface area contributed by atoms with Crippen LogP contribution in [0.1, 0.15) is 31.7 Å². The van der Waals surface area contributed by atoms with Crippen LogP contribution in [0.25, 0.3) is 22.0 Å². The molecule has 5 nitrogen and oxygen atoms in total. The molecule has 2 heterocycles. The third-order valence-electron chi connectivity index (χ3n) is 5.12. The summed E-state index contributed by atoms with van der Waals surface area (Å²) < 4.78 is 2.22. The van der Waals surface area contributed by atoms with Crippen LogP contribution in [0.15, 0.2) is 52.4 Å². The fourth-order valence-electron chi connectivity index (χ4n) is 3.79. The summed E-state index contributed by atoms with van der Waals surface area (Å²) in [4.78, 5) is 16.3. The van der Waals surface area contributed by atoms with E-state index in [-0.39, 0.29) is 11.7 Å². The Labute approximate surface area is 150 Å². The Morgan fingerprint density at radius 3 is 2.52 bits per heavy atom. The van der Waals surface area contributed by atoms with Crippen LogP contribution in [0.5, 0.6) is 0 Å². The number of nitrogens with zero attached hydrogens (tertiary/aromatic N) is 1. The summed E-state index contributed by atoms with van der Waals surface area (Å²) >= 11 is 1.21. The highest BCUT2D eigenvalue weighted by atomic mass is 32.2. The number of hydrogen-bond donors (Lipinski definition) is 3. The number of aromatic nitrogens is 2. The molecule has 0 unspecified atom stereocenters. The third kappa shape index (κ3) is 3.01. The van der Waals surface area contributed by atoms with Gasteiger partial charge in [0, 0.05) is 28.9 Å². The van der Waals surface area contributed by atoms with Crippen LogP contribution in [0, 0.1) is 0 Å². The maximum absolute atomic E-state index is 12.5. The molecule has 2 aromatic heterocycles. The molecule has 0 atom stereocenters. The van der Waals surface area contributed by atoms with Crippen LogP contribution in [0.2, 0.25) is 0 Å². The lowest BCUT2D eigenvalue weighted by atomic mass is 9.93. The van der Waals surface area contributed by atoms with Crippen molar-refractivity contribution in [3.8, 4) is 11.1 Å². The molecule has 130 valence electrons. The van der Waals surface area contributed by atoms with E-state index < -0.39 is 0 Å². The Hall–Kier alpha value is -2.02. The molecular formula is C19H21N3O2S. The Bertz CT molecular complexity index is 937. The number of pyridine rings is 1. The molecule has 1 aromatic carbocycles. The van der Waals surface area contributed by atoms with E-state index in [0.29, 0.717) is 6.04 Å². The summed E-state index contributed by atoms with van der Waals surface area (Å²) in [6.07, 6.45) is 7.09. The van der Waals surface area contributed by atoms with Gasteiger partial charge in [0.2, 0.25) is 0 Å².